The molecule has 0 bridgehead atoms. The maximum absolute atomic E-state index is 13.1. The van der Waals surface area contributed by atoms with E-state index in [1.54, 1.807) is 12.1 Å². The van der Waals surface area contributed by atoms with Gasteiger partial charge in [-0.15, -0.1) is 0 Å². The molecule has 0 heterocycles. The predicted molar refractivity (Wildman–Crippen MR) is 134 cm³/mol. The molecule has 4 aliphatic rings. The average Bonchev–Trinajstić information content (AvgIpc) is 3.08. The molecule has 0 aliphatic heterocycles. The van der Waals surface area contributed by atoms with E-state index in [9.17, 15) is 13.2 Å². The van der Waals surface area contributed by atoms with Crippen LogP contribution < -0.4 is 0 Å². The van der Waals surface area contributed by atoms with E-state index in [2.05, 4.69) is 34.6 Å². The van der Waals surface area contributed by atoms with Crippen molar-refractivity contribution < 1.29 is 17.4 Å². The minimum Gasteiger partial charge on any atom is -0.299 e. The zero-order valence-electron chi connectivity index (χ0n) is 21.6. The van der Waals surface area contributed by atoms with E-state index in [4.69, 9.17) is 4.18 Å². The second kappa shape index (κ2) is 8.16. The van der Waals surface area contributed by atoms with Gasteiger partial charge in [-0.3, -0.25) is 8.98 Å². The van der Waals surface area contributed by atoms with Crippen LogP contribution in [-0.4, -0.2) is 20.3 Å². The first-order chi connectivity index (χ1) is 15.8. The second-order valence-electron chi connectivity index (χ2n) is 13.3. The van der Waals surface area contributed by atoms with Gasteiger partial charge in [0.1, 0.15) is 5.78 Å². The van der Waals surface area contributed by atoms with E-state index in [0.29, 0.717) is 29.5 Å². The van der Waals surface area contributed by atoms with Crippen molar-refractivity contribution >= 4 is 15.9 Å². The Morgan fingerprint density at radius 3 is 2.29 bits per heavy atom. The Balaban J connectivity index is 1.28. The Labute approximate surface area is 206 Å². The van der Waals surface area contributed by atoms with Crippen LogP contribution in [0.25, 0.3) is 0 Å². The van der Waals surface area contributed by atoms with Crippen LogP contribution >= 0.6 is 0 Å². The molecule has 4 aliphatic carbocycles. The van der Waals surface area contributed by atoms with Crippen LogP contribution in [0.4, 0.5) is 0 Å². The van der Waals surface area contributed by atoms with Gasteiger partial charge < -0.3 is 0 Å². The zero-order chi connectivity index (χ0) is 24.5. The van der Waals surface area contributed by atoms with Gasteiger partial charge in [-0.1, -0.05) is 46.8 Å². The first-order valence-corrected chi connectivity index (χ1v) is 14.8. The monoisotopic (exact) mass is 486 g/mol. The molecule has 0 amide bonds. The molecule has 0 N–H and O–H groups in total. The fourth-order valence-electron chi connectivity index (χ4n) is 8.43. The first-order valence-electron chi connectivity index (χ1n) is 13.4. The summed E-state index contributed by atoms with van der Waals surface area (Å²) in [5.74, 6) is 2.89. The highest BCUT2D eigenvalue weighted by Crippen LogP contribution is 2.65. The van der Waals surface area contributed by atoms with E-state index in [0.717, 1.165) is 56.9 Å². The lowest BCUT2D eigenvalue weighted by atomic mass is 9.45. The lowest BCUT2D eigenvalue weighted by molar-refractivity contribution is -0.141. The highest BCUT2D eigenvalue weighted by Gasteiger charge is 2.60. The van der Waals surface area contributed by atoms with Gasteiger partial charge in [0.05, 0.1) is 11.0 Å². The number of carbonyl (C=O) groups excluding carboxylic acids is 1. The van der Waals surface area contributed by atoms with Crippen LogP contribution in [0.5, 0.6) is 0 Å². The van der Waals surface area contributed by atoms with E-state index >= 15 is 0 Å². The summed E-state index contributed by atoms with van der Waals surface area (Å²) in [6.45, 7) is 11.1. The highest BCUT2D eigenvalue weighted by atomic mass is 32.2. The minimum atomic E-state index is -3.77. The highest BCUT2D eigenvalue weighted by molar-refractivity contribution is 7.86. The number of benzene rings is 1. The minimum absolute atomic E-state index is 0.0157. The molecular formula is C29H42O4S. The van der Waals surface area contributed by atoms with Gasteiger partial charge in [0.2, 0.25) is 0 Å². The lowest BCUT2D eigenvalue weighted by Gasteiger charge is -2.60. The van der Waals surface area contributed by atoms with Crippen molar-refractivity contribution in [1.29, 1.82) is 0 Å². The third-order valence-corrected chi connectivity index (χ3v) is 12.0. The topological polar surface area (TPSA) is 60.4 Å². The maximum atomic E-state index is 13.1. The fraction of sp³-hybridized carbons (Fsp3) is 0.759. The Bertz CT molecular complexity index is 1050. The molecule has 4 saturated carbocycles. The summed E-state index contributed by atoms with van der Waals surface area (Å²) in [6, 6.07) is 7.19. The number of rotatable bonds is 3. The molecule has 5 rings (SSSR count). The number of ketones is 1. The van der Waals surface area contributed by atoms with Gasteiger partial charge in [-0.2, -0.15) is 8.42 Å². The van der Waals surface area contributed by atoms with Crippen LogP contribution in [0.2, 0.25) is 0 Å². The molecule has 0 saturated heterocycles. The molecule has 4 fully saturated rings. The quantitative estimate of drug-likeness (QED) is 0.448. The second-order valence-corrected chi connectivity index (χ2v) is 14.9. The van der Waals surface area contributed by atoms with Crippen molar-refractivity contribution in [2.75, 3.05) is 0 Å². The summed E-state index contributed by atoms with van der Waals surface area (Å²) in [6.07, 6.45) is 8.80. The molecule has 5 heteroatoms. The van der Waals surface area contributed by atoms with Gasteiger partial charge in [0.15, 0.2) is 0 Å². The third-order valence-electron chi connectivity index (χ3n) is 10.6. The van der Waals surface area contributed by atoms with Crippen molar-refractivity contribution in [1.82, 2.24) is 0 Å². The zero-order valence-corrected chi connectivity index (χ0v) is 22.4. The van der Waals surface area contributed by atoms with Crippen molar-refractivity contribution in [2.24, 2.45) is 34.5 Å². The Hall–Kier alpha value is -1.20. The molecule has 34 heavy (non-hydrogen) atoms. The third kappa shape index (κ3) is 3.89. The molecule has 0 radical (unpaired) electrons. The molecule has 0 unspecified atom stereocenters. The number of hydrogen-bond donors (Lipinski definition) is 0. The van der Waals surface area contributed by atoms with Crippen LogP contribution in [0, 0.1) is 34.5 Å². The molecule has 0 aromatic heterocycles. The number of fused-ring (bicyclic) bond motifs is 5. The van der Waals surface area contributed by atoms with Crippen molar-refractivity contribution in [3.8, 4) is 0 Å². The van der Waals surface area contributed by atoms with E-state index < -0.39 is 10.1 Å². The predicted octanol–water partition coefficient (Wildman–Crippen LogP) is 6.67. The van der Waals surface area contributed by atoms with E-state index in [1.807, 2.05) is 12.1 Å². The standard InChI is InChI=1S/C29H42O4S/c1-27(2,3)19-6-9-22(10-7-19)34(31,32)33-21-14-16-28(4)20(18-21)8-11-23-24-12-13-26(30)29(24,5)17-15-25(23)28/h6-7,9-10,20-21,23-25H,8,11-18H2,1-5H3/t20-,21+,23+,24+,25+,28-,29-/m0/s1. The summed E-state index contributed by atoms with van der Waals surface area (Å²) >= 11 is 0. The van der Waals surface area contributed by atoms with Gasteiger partial charge in [-0.25, -0.2) is 0 Å². The first kappa shape index (κ1) is 24.5. The number of carbonyl (C=O) groups is 1. The van der Waals surface area contributed by atoms with Gasteiger partial charge in [0.25, 0.3) is 10.1 Å². The van der Waals surface area contributed by atoms with Gasteiger partial charge in [0, 0.05) is 11.8 Å². The summed E-state index contributed by atoms with van der Waals surface area (Å²) in [7, 11) is -3.77. The Kier molecular flexibility index (Phi) is 5.88. The molecule has 7 atom stereocenters. The van der Waals surface area contributed by atoms with Crippen LogP contribution in [0.3, 0.4) is 0 Å². The van der Waals surface area contributed by atoms with Crippen LogP contribution in [0.15, 0.2) is 29.2 Å². The lowest BCUT2D eigenvalue weighted by Crippen LogP contribution is -2.54. The normalized spacial score (nSPS) is 40.4. The van der Waals surface area contributed by atoms with Gasteiger partial charge in [-0.05, 0) is 104 Å². The van der Waals surface area contributed by atoms with E-state index in [1.165, 1.54) is 6.42 Å². The molecule has 1 aromatic carbocycles. The van der Waals surface area contributed by atoms with Crippen molar-refractivity contribution in [2.45, 2.75) is 109 Å². The molecule has 188 valence electrons. The largest absolute Gasteiger partial charge is 0.299 e. The number of Topliss-reactive ketones (excluding diaryl/α,β-unsaturated/α-hetero) is 1. The van der Waals surface area contributed by atoms with Crippen molar-refractivity contribution in [3.05, 3.63) is 29.8 Å². The smallest absolute Gasteiger partial charge is 0.297 e. The summed E-state index contributed by atoms with van der Waals surface area (Å²) in [5.41, 5.74) is 1.26. The number of hydrogen-bond acceptors (Lipinski definition) is 4. The maximum Gasteiger partial charge on any atom is 0.297 e. The van der Waals surface area contributed by atoms with Crippen LogP contribution in [0.1, 0.15) is 98.0 Å². The van der Waals surface area contributed by atoms with Crippen LogP contribution in [-0.2, 0) is 24.5 Å². The summed E-state index contributed by atoms with van der Waals surface area (Å²) in [4.78, 5) is 12.9. The Morgan fingerprint density at radius 1 is 0.912 bits per heavy atom. The SMILES string of the molecule is CC(C)(C)c1ccc(S(=O)(=O)O[C@@H]2CC[C@@]3(C)[C@@H](CC[C@H]4[C@H]3CC[C@]3(C)C(=O)CC[C@H]43)C2)cc1. The van der Waals surface area contributed by atoms with Gasteiger partial charge >= 0.3 is 0 Å². The Morgan fingerprint density at radius 2 is 1.62 bits per heavy atom. The summed E-state index contributed by atoms with van der Waals surface area (Å²) < 4.78 is 32.0. The van der Waals surface area contributed by atoms with E-state index in [-0.39, 0.29) is 27.2 Å². The average molecular weight is 487 g/mol. The molecule has 0 spiro atoms. The molecule has 1 aromatic rings. The fourth-order valence-corrected chi connectivity index (χ4v) is 9.55. The summed E-state index contributed by atoms with van der Waals surface area (Å²) in [5, 5.41) is 0. The molecular weight excluding hydrogens is 444 g/mol. The molecule has 4 nitrogen and oxygen atoms in total. The van der Waals surface area contributed by atoms with Crippen molar-refractivity contribution in [3.63, 3.8) is 0 Å².